The molecule has 30 heavy (non-hydrogen) atoms. The van der Waals surface area contributed by atoms with E-state index in [1.165, 1.54) is 24.1 Å². The first-order valence-corrected chi connectivity index (χ1v) is 9.59. The van der Waals surface area contributed by atoms with E-state index >= 15 is 0 Å². The van der Waals surface area contributed by atoms with Crippen molar-refractivity contribution in [2.75, 3.05) is 20.2 Å². The number of rotatable bonds is 7. The minimum absolute atomic E-state index is 0.187. The van der Waals surface area contributed by atoms with Crippen LogP contribution < -0.4 is 10.1 Å². The van der Waals surface area contributed by atoms with Crippen LogP contribution in [0.5, 0.6) is 5.75 Å². The Bertz CT molecular complexity index is 963. The lowest BCUT2D eigenvalue weighted by molar-refractivity contribution is -0.139. The summed E-state index contributed by atoms with van der Waals surface area (Å²) in [7, 11) is 1.54. The summed E-state index contributed by atoms with van der Waals surface area (Å²) in [5, 5.41) is 2.68. The van der Waals surface area contributed by atoms with Crippen LogP contribution >= 0.6 is 0 Å². The van der Waals surface area contributed by atoms with Crippen LogP contribution in [0.3, 0.4) is 0 Å². The van der Waals surface area contributed by atoms with E-state index in [1.54, 1.807) is 50.2 Å². The topological polar surface area (TPSA) is 79.0 Å². The number of amides is 4. The highest BCUT2D eigenvalue weighted by Gasteiger charge is 2.49. The van der Waals surface area contributed by atoms with Crippen LogP contribution in [0.15, 0.2) is 48.5 Å². The van der Waals surface area contributed by atoms with Gasteiger partial charge in [-0.3, -0.25) is 14.5 Å². The van der Waals surface area contributed by atoms with Gasteiger partial charge in [-0.1, -0.05) is 24.3 Å². The Labute approximate surface area is 174 Å². The fraction of sp³-hybridized carbons (Fsp3) is 0.318. The Hall–Kier alpha value is -3.42. The predicted octanol–water partition coefficient (Wildman–Crippen LogP) is 2.65. The molecule has 0 aromatic heterocycles. The van der Waals surface area contributed by atoms with E-state index in [-0.39, 0.29) is 18.9 Å². The molecular formula is C22H24FN3O4. The van der Waals surface area contributed by atoms with Crippen molar-refractivity contribution in [3.05, 3.63) is 65.5 Å². The van der Waals surface area contributed by atoms with E-state index < -0.39 is 23.4 Å². The summed E-state index contributed by atoms with van der Waals surface area (Å²) in [5.74, 6) is -0.667. The van der Waals surface area contributed by atoms with Crippen molar-refractivity contribution < 1.29 is 23.5 Å². The van der Waals surface area contributed by atoms with Crippen LogP contribution in [0.25, 0.3) is 0 Å². The Balaban J connectivity index is 1.74. The van der Waals surface area contributed by atoms with E-state index in [0.29, 0.717) is 23.4 Å². The molecule has 0 saturated carbocycles. The van der Waals surface area contributed by atoms with Gasteiger partial charge in [0.2, 0.25) is 5.91 Å². The van der Waals surface area contributed by atoms with E-state index in [2.05, 4.69) is 5.32 Å². The zero-order valence-corrected chi connectivity index (χ0v) is 17.1. The second-order valence-electron chi connectivity index (χ2n) is 7.21. The van der Waals surface area contributed by atoms with Crippen LogP contribution in [-0.2, 0) is 21.7 Å². The molecule has 2 aromatic carbocycles. The number of imide groups is 1. The summed E-state index contributed by atoms with van der Waals surface area (Å²) in [6.07, 6.45) is 0. The number of carbonyl (C=O) groups excluding carboxylic acids is 3. The zero-order chi connectivity index (χ0) is 21.9. The average Bonchev–Trinajstić information content (AvgIpc) is 2.96. The van der Waals surface area contributed by atoms with Gasteiger partial charge in [0, 0.05) is 13.1 Å². The molecule has 8 heteroatoms. The summed E-state index contributed by atoms with van der Waals surface area (Å²) >= 11 is 0. The van der Waals surface area contributed by atoms with E-state index in [9.17, 15) is 18.8 Å². The first-order valence-electron chi connectivity index (χ1n) is 9.59. The van der Waals surface area contributed by atoms with Crippen LogP contribution in [0.4, 0.5) is 9.18 Å². The van der Waals surface area contributed by atoms with Gasteiger partial charge in [0.05, 0.1) is 7.11 Å². The summed E-state index contributed by atoms with van der Waals surface area (Å²) < 4.78 is 18.6. The van der Waals surface area contributed by atoms with Crippen LogP contribution in [0.2, 0.25) is 0 Å². The molecule has 1 aliphatic heterocycles. The van der Waals surface area contributed by atoms with Crippen molar-refractivity contribution >= 4 is 17.8 Å². The molecule has 0 aliphatic carbocycles. The standard InChI is InChI=1S/C22H24FN3O4/c1-4-25(13-15-6-5-7-17(23)12-15)19(27)14-26-20(28)22(2,24-21(26)29)16-8-10-18(30-3)11-9-16/h5-12H,4,13-14H2,1-3H3,(H,24,29)/t22-/m0/s1. The molecule has 0 bridgehead atoms. The largest absolute Gasteiger partial charge is 0.497 e. The molecule has 3 rings (SSSR count). The molecule has 4 amide bonds. The summed E-state index contributed by atoms with van der Waals surface area (Å²) in [5.41, 5.74) is -0.0577. The molecule has 1 fully saturated rings. The zero-order valence-electron chi connectivity index (χ0n) is 17.1. The second kappa shape index (κ2) is 8.52. The summed E-state index contributed by atoms with van der Waals surface area (Å²) in [6, 6.07) is 12.1. The van der Waals surface area contributed by atoms with Gasteiger partial charge < -0.3 is 15.0 Å². The third-order valence-electron chi connectivity index (χ3n) is 5.23. The Morgan fingerprint density at radius 1 is 1.20 bits per heavy atom. The van der Waals surface area contributed by atoms with Gasteiger partial charge in [-0.25, -0.2) is 9.18 Å². The maximum Gasteiger partial charge on any atom is 0.325 e. The fourth-order valence-electron chi connectivity index (χ4n) is 3.43. The van der Waals surface area contributed by atoms with Crippen molar-refractivity contribution in [3.63, 3.8) is 0 Å². The SMILES string of the molecule is CCN(Cc1cccc(F)c1)C(=O)CN1C(=O)N[C@@](C)(c2ccc(OC)cc2)C1=O. The second-order valence-corrected chi connectivity index (χ2v) is 7.21. The number of halogens is 1. The van der Waals surface area contributed by atoms with Crippen LogP contribution in [0.1, 0.15) is 25.0 Å². The number of ether oxygens (including phenoxy) is 1. The van der Waals surface area contributed by atoms with Gasteiger partial charge in [0.1, 0.15) is 23.7 Å². The minimum Gasteiger partial charge on any atom is -0.497 e. The van der Waals surface area contributed by atoms with E-state index in [0.717, 1.165) is 4.90 Å². The lowest BCUT2D eigenvalue weighted by atomic mass is 9.92. The lowest BCUT2D eigenvalue weighted by Crippen LogP contribution is -2.44. The molecule has 2 aromatic rings. The average molecular weight is 413 g/mol. The van der Waals surface area contributed by atoms with Crippen molar-refractivity contribution in [1.29, 1.82) is 0 Å². The van der Waals surface area contributed by atoms with Crippen molar-refractivity contribution in [2.24, 2.45) is 0 Å². The summed E-state index contributed by atoms with van der Waals surface area (Å²) in [6.45, 7) is 3.54. The lowest BCUT2D eigenvalue weighted by Gasteiger charge is -2.25. The first kappa shape index (κ1) is 21.3. The van der Waals surface area contributed by atoms with Gasteiger partial charge in [0.15, 0.2) is 0 Å². The predicted molar refractivity (Wildman–Crippen MR) is 108 cm³/mol. The normalized spacial score (nSPS) is 18.3. The summed E-state index contributed by atoms with van der Waals surface area (Å²) in [4.78, 5) is 40.7. The highest BCUT2D eigenvalue weighted by atomic mass is 19.1. The van der Waals surface area contributed by atoms with Gasteiger partial charge in [0.25, 0.3) is 5.91 Å². The Morgan fingerprint density at radius 3 is 2.50 bits per heavy atom. The minimum atomic E-state index is -1.27. The molecule has 0 unspecified atom stereocenters. The third kappa shape index (κ3) is 4.12. The molecule has 0 radical (unpaired) electrons. The molecule has 1 saturated heterocycles. The Morgan fingerprint density at radius 2 is 1.90 bits per heavy atom. The number of benzene rings is 2. The third-order valence-corrected chi connectivity index (χ3v) is 5.23. The number of methoxy groups -OCH3 is 1. The smallest absolute Gasteiger partial charge is 0.325 e. The van der Waals surface area contributed by atoms with Crippen LogP contribution in [-0.4, -0.2) is 47.8 Å². The number of hydrogen-bond donors (Lipinski definition) is 1. The van der Waals surface area contributed by atoms with E-state index in [4.69, 9.17) is 4.74 Å². The molecule has 1 N–H and O–H groups in total. The maximum absolute atomic E-state index is 13.4. The molecule has 1 atom stereocenters. The first-order chi connectivity index (χ1) is 14.3. The van der Waals surface area contributed by atoms with Crippen molar-refractivity contribution in [2.45, 2.75) is 25.9 Å². The van der Waals surface area contributed by atoms with Gasteiger partial charge in [-0.2, -0.15) is 0 Å². The molecule has 158 valence electrons. The number of urea groups is 1. The number of carbonyl (C=O) groups is 3. The molecule has 7 nitrogen and oxygen atoms in total. The van der Waals surface area contributed by atoms with Crippen molar-refractivity contribution in [1.82, 2.24) is 15.1 Å². The van der Waals surface area contributed by atoms with Crippen LogP contribution in [0, 0.1) is 5.82 Å². The van der Waals surface area contributed by atoms with Gasteiger partial charge in [-0.15, -0.1) is 0 Å². The van der Waals surface area contributed by atoms with Gasteiger partial charge in [-0.05, 0) is 49.2 Å². The highest BCUT2D eigenvalue weighted by molar-refractivity contribution is 6.09. The van der Waals surface area contributed by atoms with E-state index in [1.807, 2.05) is 0 Å². The monoisotopic (exact) mass is 413 g/mol. The Kier molecular flexibility index (Phi) is 6.05. The molecular weight excluding hydrogens is 389 g/mol. The number of nitrogens with zero attached hydrogens (tertiary/aromatic N) is 2. The maximum atomic E-state index is 13.4. The number of likely N-dealkylation sites (N-methyl/N-ethyl adjacent to an activating group) is 1. The quantitative estimate of drug-likeness (QED) is 0.708. The molecule has 1 aliphatic rings. The fourth-order valence-corrected chi connectivity index (χ4v) is 3.43. The number of hydrogen-bond acceptors (Lipinski definition) is 4. The molecule has 0 spiro atoms. The number of nitrogens with one attached hydrogen (secondary N) is 1. The van der Waals surface area contributed by atoms with Gasteiger partial charge >= 0.3 is 6.03 Å². The molecule has 1 heterocycles. The van der Waals surface area contributed by atoms with Crippen molar-refractivity contribution in [3.8, 4) is 5.75 Å². The highest BCUT2D eigenvalue weighted by Crippen LogP contribution is 2.30.